The smallest absolute Gasteiger partial charge is 0.310 e. The Bertz CT molecular complexity index is 876. The molecular formula is C17H14ClN3O2. The van der Waals surface area contributed by atoms with E-state index in [1.807, 2.05) is 12.1 Å². The van der Waals surface area contributed by atoms with Gasteiger partial charge in [-0.05, 0) is 37.0 Å². The Morgan fingerprint density at radius 1 is 1.52 bits per heavy atom. The molecule has 1 saturated carbocycles. The van der Waals surface area contributed by atoms with Crippen molar-refractivity contribution in [3.05, 3.63) is 35.0 Å². The second-order valence-electron chi connectivity index (χ2n) is 6.35. The van der Waals surface area contributed by atoms with Gasteiger partial charge in [-0.2, -0.15) is 5.26 Å². The summed E-state index contributed by atoms with van der Waals surface area (Å²) in [5.74, 6) is -0.534. The fourth-order valence-corrected chi connectivity index (χ4v) is 3.94. The van der Waals surface area contributed by atoms with Crippen molar-refractivity contribution in [2.75, 3.05) is 18.0 Å². The van der Waals surface area contributed by atoms with Gasteiger partial charge in [-0.3, -0.25) is 9.78 Å². The number of benzene rings is 1. The van der Waals surface area contributed by atoms with Gasteiger partial charge in [0.1, 0.15) is 6.07 Å². The molecule has 2 aliphatic rings. The molecule has 1 saturated heterocycles. The number of carbonyl (C=O) groups is 1. The van der Waals surface area contributed by atoms with Crippen molar-refractivity contribution in [3.63, 3.8) is 0 Å². The molecule has 2 heterocycles. The summed E-state index contributed by atoms with van der Waals surface area (Å²) < 4.78 is 0. The topological polar surface area (TPSA) is 77.2 Å². The van der Waals surface area contributed by atoms with Crippen molar-refractivity contribution in [1.29, 1.82) is 5.26 Å². The quantitative estimate of drug-likeness (QED) is 0.917. The summed E-state index contributed by atoms with van der Waals surface area (Å²) in [6.45, 7) is 1.29. The van der Waals surface area contributed by atoms with E-state index >= 15 is 0 Å². The van der Waals surface area contributed by atoms with Gasteiger partial charge in [0.15, 0.2) is 0 Å². The standard InChI is InChI=1S/C17H14ClN3O2/c18-12-1-2-14-13(5-12)15(10(7-19)8-20-14)21-4-3-17(16(22)23)6-11(17)9-21/h1-2,5,8,11H,3-4,6,9H2,(H,22,23)/t11-,17+/m1/s1. The lowest BCUT2D eigenvalue weighted by molar-refractivity contribution is -0.144. The average Bonchev–Trinajstić information content (AvgIpc) is 3.28. The SMILES string of the molecule is N#Cc1cnc2ccc(Cl)cc2c1N1CC[C@]2(C(=O)O)C[C@@H]2C1. The van der Waals surface area contributed by atoms with Crippen molar-refractivity contribution >= 4 is 34.2 Å². The van der Waals surface area contributed by atoms with Crippen LogP contribution in [0.2, 0.25) is 5.02 Å². The zero-order chi connectivity index (χ0) is 16.2. The lowest BCUT2D eigenvalue weighted by atomic mass is 9.94. The highest BCUT2D eigenvalue weighted by molar-refractivity contribution is 6.31. The number of aromatic nitrogens is 1. The van der Waals surface area contributed by atoms with Gasteiger partial charge in [-0.25, -0.2) is 0 Å². The predicted molar refractivity (Wildman–Crippen MR) is 86.5 cm³/mol. The summed E-state index contributed by atoms with van der Waals surface area (Å²) >= 11 is 6.12. The number of anilines is 1. The van der Waals surface area contributed by atoms with E-state index in [0.717, 1.165) is 23.0 Å². The van der Waals surface area contributed by atoms with Crippen LogP contribution in [0.3, 0.4) is 0 Å². The molecule has 5 nitrogen and oxygen atoms in total. The third-order valence-corrected chi connectivity index (χ3v) is 5.40. The number of nitrogens with zero attached hydrogens (tertiary/aromatic N) is 3. The molecule has 1 aromatic heterocycles. The Balaban J connectivity index is 1.79. The zero-order valence-electron chi connectivity index (χ0n) is 12.3. The molecule has 0 spiro atoms. The van der Waals surface area contributed by atoms with Gasteiger partial charge in [-0.15, -0.1) is 0 Å². The summed E-state index contributed by atoms with van der Waals surface area (Å²) in [5.41, 5.74) is 1.58. The van der Waals surface area contributed by atoms with Crippen molar-refractivity contribution in [2.24, 2.45) is 11.3 Å². The van der Waals surface area contributed by atoms with Gasteiger partial charge >= 0.3 is 5.97 Å². The highest BCUT2D eigenvalue weighted by atomic mass is 35.5. The van der Waals surface area contributed by atoms with Crippen molar-refractivity contribution in [1.82, 2.24) is 4.98 Å². The number of aliphatic carboxylic acids is 1. The first-order valence-electron chi connectivity index (χ1n) is 7.52. The van der Waals surface area contributed by atoms with Crippen LogP contribution in [0, 0.1) is 22.7 Å². The van der Waals surface area contributed by atoms with Crippen LogP contribution in [0.1, 0.15) is 18.4 Å². The van der Waals surface area contributed by atoms with Crippen LogP contribution in [0.5, 0.6) is 0 Å². The van der Waals surface area contributed by atoms with E-state index in [2.05, 4.69) is 16.0 Å². The number of pyridine rings is 1. The van der Waals surface area contributed by atoms with Gasteiger partial charge < -0.3 is 10.0 Å². The molecule has 23 heavy (non-hydrogen) atoms. The summed E-state index contributed by atoms with van der Waals surface area (Å²) in [6.07, 6.45) is 2.92. The highest BCUT2D eigenvalue weighted by Gasteiger charge is 2.62. The van der Waals surface area contributed by atoms with Gasteiger partial charge in [0.2, 0.25) is 0 Å². The molecule has 0 bridgehead atoms. The first kappa shape index (κ1) is 14.3. The van der Waals surface area contributed by atoms with E-state index in [1.165, 1.54) is 0 Å². The summed E-state index contributed by atoms with van der Waals surface area (Å²) in [6, 6.07) is 7.64. The van der Waals surface area contributed by atoms with Crippen molar-refractivity contribution < 1.29 is 9.90 Å². The zero-order valence-corrected chi connectivity index (χ0v) is 13.0. The van der Waals surface area contributed by atoms with Crippen molar-refractivity contribution in [3.8, 4) is 6.07 Å². The number of piperidine rings is 1. The monoisotopic (exact) mass is 327 g/mol. The maximum atomic E-state index is 11.4. The highest BCUT2D eigenvalue weighted by Crippen LogP contribution is 2.58. The number of fused-ring (bicyclic) bond motifs is 2. The summed E-state index contributed by atoms with van der Waals surface area (Å²) in [7, 11) is 0. The third kappa shape index (κ3) is 2.06. The summed E-state index contributed by atoms with van der Waals surface area (Å²) in [5, 5.41) is 20.3. The molecule has 2 atom stereocenters. The van der Waals surface area contributed by atoms with Crippen LogP contribution >= 0.6 is 11.6 Å². The number of halogens is 1. The van der Waals surface area contributed by atoms with E-state index < -0.39 is 11.4 Å². The number of carboxylic acid groups (broad SMARTS) is 1. The van der Waals surface area contributed by atoms with E-state index in [0.29, 0.717) is 30.1 Å². The number of nitriles is 1. The predicted octanol–water partition coefficient (Wildman–Crippen LogP) is 3.06. The molecule has 2 fully saturated rings. The number of hydrogen-bond acceptors (Lipinski definition) is 4. The minimum Gasteiger partial charge on any atom is -0.481 e. The number of carboxylic acids is 1. The lowest BCUT2D eigenvalue weighted by Crippen LogP contribution is -2.38. The second-order valence-corrected chi connectivity index (χ2v) is 6.79. The third-order valence-electron chi connectivity index (χ3n) is 5.16. The van der Waals surface area contributed by atoms with Crippen LogP contribution in [0.25, 0.3) is 10.9 Å². The van der Waals surface area contributed by atoms with Gasteiger partial charge in [0, 0.05) is 29.7 Å². The Hall–Kier alpha value is -2.32. The minimum atomic E-state index is -0.690. The Morgan fingerprint density at radius 3 is 3.04 bits per heavy atom. The molecular weight excluding hydrogens is 314 g/mol. The van der Waals surface area contributed by atoms with E-state index in [1.54, 1.807) is 12.3 Å². The molecule has 0 radical (unpaired) electrons. The summed E-state index contributed by atoms with van der Waals surface area (Å²) in [4.78, 5) is 17.9. The fourth-order valence-electron chi connectivity index (χ4n) is 3.76. The number of rotatable bonds is 2. The van der Waals surface area contributed by atoms with Gasteiger partial charge in [-0.1, -0.05) is 11.6 Å². The normalized spacial score (nSPS) is 25.7. The van der Waals surface area contributed by atoms with Crippen LogP contribution in [0.4, 0.5) is 5.69 Å². The average molecular weight is 328 g/mol. The van der Waals surface area contributed by atoms with E-state index in [9.17, 15) is 15.2 Å². The molecule has 2 aromatic rings. The molecule has 4 rings (SSSR count). The molecule has 1 aliphatic carbocycles. The fraction of sp³-hybridized carbons (Fsp3) is 0.353. The molecule has 116 valence electrons. The minimum absolute atomic E-state index is 0.155. The van der Waals surface area contributed by atoms with Crippen LogP contribution in [-0.2, 0) is 4.79 Å². The van der Waals surface area contributed by atoms with E-state index in [4.69, 9.17) is 11.6 Å². The van der Waals surface area contributed by atoms with Crippen LogP contribution in [0.15, 0.2) is 24.4 Å². The molecule has 1 aromatic carbocycles. The molecule has 6 heteroatoms. The molecule has 0 amide bonds. The number of hydrogen-bond donors (Lipinski definition) is 1. The Labute approximate surface area is 138 Å². The van der Waals surface area contributed by atoms with E-state index in [-0.39, 0.29) is 5.92 Å². The first-order valence-corrected chi connectivity index (χ1v) is 7.90. The maximum absolute atomic E-state index is 11.4. The van der Waals surface area contributed by atoms with Gasteiger partial charge in [0.25, 0.3) is 0 Å². The first-order chi connectivity index (χ1) is 11.0. The lowest BCUT2D eigenvalue weighted by Gasteiger charge is -2.32. The molecule has 1 N–H and O–H groups in total. The Morgan fingerprint density at radius 2 is 2.35 bits per heavy atom. The second kappa shape index (κ2) is 4.84. The van der Waals surface area contributed by atoms with Gasteiger partial charge in [0.05, 0.1) is 22.2 Å². The largest absolute Gasteiger partial charge is 0.481 e. The van der Waals surface area contributed by atoms with Crippen LogP contribution < -0.4 is 4.90 Å². The maximum Gasteiger partial charge on any atom is 0.310 e. The van der Waals surface area contributed by atoms with Crippen LogP contribution in [-0.4, -0.2) is 29.1 Å². The Kier molecular flexibility index (Phi) is 3.00. The molecule has 1 aliphatic heterocycles. The van der Waals surface area contributed by atoms with Crippen molar-refractivity contribution in [2.45, 2.75) is 12.8 Å². The molecule has 0 unspecified atom stereocenters.